The van der Waals surface area contributed by atoms with E-state index in [2.05, 4.69) is 32.4 Å². The summed E-state index contributed by atoms with van der Waals surface area (Å²) in [6.45, 7) is 3.61. The van der Waals surface area contributed by atoms with Gasteiger partial charge in [0.1, 0.15) is 30.9 Å². The molecule has 0 bridgehead atoms. The molecule has 20 heavy (non-hydrogen) atoms. The van der Waals surface area contributed by atoms with Gasteiger partial charge in [0, 0.05) is 18.2 Å². The van der Waals surface area contributed by atoms with Crippen molar-refractivity contribution in [2.45, 2.75) is 19.5 Å². The van der Waals surface area contributed by atoms with E-state index in [4.69, 9.17) is 4.74 Å². The number of fused-ring (bicyclic) bond motifs is 1. The molecule has 1 aromatic heterocycles. The molecule has 2 atom stereocenters. The maximum atomic E-state index is 5.50. The van der Waals surface area contributed by atoms with Crippen LogP contribution in [0.5, 0.6) is 0 Å². The van der Waals surface area contributed by atoms with Crippen LogP contribution in [0.3, 0.4) is 0 Å². The number of aliphatic imine (C=N–C) groups is 1. The molecule has 0 amide bonds. The van der Waals surface area contributed by atoms with Gasteiger partial charge in [-0.1, -0.05) is 0 Å². The topological polar surface area (TPSA) is 79.9 Å². The normalized spacial score (nSPS) is 28.6. The lowest BCUT2D eigenvalue weighted by Gasteiger charge is -2.23. The first-order valence-electron chi connectivity index (χ1n) is 6.68. The average molecular weight is 273 g/mol. The number of rotatable bonds is 1. The number of nitrogens with one attached hydrogen (secondary N) is 1. The Kier molecular flexibility index (Phi) is 2.56. The first kappa shape index (κ1) is 11.6. The molecule has 1 unspecified atom stereocenters. The van der Waals surface area contributed by atoms with E-state index < -0.39 is 0 Å². The van der Waals surface area contributed by atoms with Crippen LogP contribution in [0.1, 0.15) is 13.3 Å². The average Bonchev–Trinajstić information content (AvgIpc) is 3.19. The molecule has 8 nitrogen and oxygen atoms in total. The van der Waals surface area contributed by atoms with Gasteiger partial charge in [0.25, 0.3) is 0 Å². The third-order valence-electron chi connectivity index (χ3n) is 3.76. The Morgan fingerprint density at radius 2 is 2.40 bits per heavy atom. The minimum atomic E-state index is 0.103. The SMILES string of the molecule is CC1NC([C@@H]2CCOC2)=C2C(n3cncn3)=NC=NN21. The van der Waals surface area contributed by atoms with Gasteiger partial charge in [-0.2, -0.15) is 10.2 Å². The maximum absolute atomic E-state index is 5.50. The van der Waals surface area contributed by atoms with E-state index in [1.807, 2.05) is 5.01 Å². The highest BCUT2D eigenvalue weighted by Crippen LogP contribution is 2.32. The summed E-state index contributed by atoms with van der Waals surface area (Å²) in [6.07, 6.45) is 5.82. The number of hydrogen-bond acceptors (Lipinski definition) is 7. The standard InChI is InChI=1S/C12H15N7O/c1-8-17-10(9-2-3-20-4-9)11-12(14-6-16-19(8)11)18-7-13-5-15-18/h5-9,17H,2-4H2,1H3/t8?,9-/m1/s1. The third kappa shape index (κ3) is 1.64. The zero-order valence-electron chi connectivity index (χ0n) is 11.1. The summed E-state index contributed by atoms with van der Waals surface area (Å²) < 4.78 is 7.17. The minimum absolute atomic E-state index is 0.103. The maximum Gasteiger partial charge on any atom is 0.184 e. The van der Waals surface area contributed by atoms with Crippen LogP contribution in [0.25, 0.3) is 0 Å². The van der Waals surface area contributed by atoms with E-state index >= 15 is 0 Å². The van der Waals surface area contributed by atoms with Gasteiger partial charge in [0.2, 0.25) is 0 Å². The Hall–Kier alpha value is -2.22. The Bertz CT molecular complexity index is 597. The molecule has 0 aliphatic carbocycles. The Balaban J connectivity index is 1.81. The first-order valence-corrected chi connectivity index (χ1v) is 6.68. The lowest BCUT2D eigenvalue weighted by molar-refractivity contribution is 0.189. The molecule has 8 heteroatoms. The molecule has 4 heterocycles. The molecule has 1 aromatic rings. The van der Waals surface area contributed by atoms with Crippen molar-refractivity contribution < 1.29 is 4.74 Å². The lowest BCUT2D eigenvalue weighted by Crippen LogP contribution is -2.35. The van der Waals surface area contributed by atoms with Crippen molar-refractivity contribution in [1.29, 1.82) is 0 Å². The van der Waals surface area contributed by atoms with E-state index in [-0.39, 0.29) is 6.17 Å². The number of hydrogen-bond donors (Lipinski definition) is 1. The van der Waals surface area contributed by atoms with Crippen LogP contribution in [0, 0.1) is 5.92 Å². The quantitative estimate of drug-likeness (QED) is 0.778. The van der Waals surface area contributed by atoms with Gasteiger partial charge in [0.15, 0.2) is 5.84 Å². The molecule has 0 aromatic carbocycles. The number of ether oxygens (including phenoxy) is 1. The van der Waals surface area contributed by atoms with E-state index in [1.165, 1.54) is 6.33 Å². The van der Waals surface area contributed by atoms with Crippen LogP contribution < -0.4 is 5.32 Å². The van der Waals surface area contributed by atoms with Crippen molar-refractivity contribution in [3.8, 4) is 0 Å². The highest BCUT2D eigenvalue weighted by atomic mass is 16.5. The molecule has 1 N–H and O–H groups in total. The van der Waals surface area contributed by atoms with Crippen molar-refractivity contribution in [3.63, 3.8) is 0 Å². The predicted molar refractivity (Wildman–Crippen MR) is 71.7 cm³/mol. The summed E-state index contributed by atoms with van der Waals surface area (Å²) in [6, 6.07) is 0. The van der Waals surface area contributed by atoms with Gasteiger partial charge < -0.3 is 10.1 Å². The van der Waals surface area contributed by atoms with Gasteiger partial charge >= 0.3 is 0 Å². The summed E-state index contributed by atoms with van der Waals surface area (Å²) in [4.78, 5) is 8.37. The molecule has 1 fully saturated rings. The second-order valence-corrected chi connectivity index (χ2v) is 5.01. The molecular weight excluding hydrogens is 258 g/mol. The van der Waals surface area contributed by atoms with Gasteiger partial charge in [0.05, 0.1) is 6.61 Å². The number of hydrazone groups is 1. The fourth-order valence-corrected chi connectivity index (χ4v) is 2.81. The van der Waals surface area contributed by atoms with Crippen molar-refractivity contribution in [2.75, 3.05) is 13.2 Å². The van der Waals surface area contributed by atoms with Crippen LogP contribution in [0.2, 0.25) is 0 Å². The number of allylic oxidation sites excluding steroid dienone is 1. The van der Waals surface area contributed by atoms with E-state index in [0.717, 1.165) is 36.9 Å². The summed E-state index contributed by atoms with van der Waals surface area (Å²) in [7, 11) is 0. The van der Waals surface area contributed by atoms with Crippen LogP contribution in [-0.2, 0) is 4.74 Å². The van der Waals surface area contributed by atoms with Gasteiger partial charge in [-0.15, -0.1) is 0 Å². The Labute approximate surface area is 115 Å². The minimum Gasteiger partial charge on any atom is -0.381 e. The zero-order chi connectivity index (χ0) is 13.5. The van der Waals surface area contributed by atoms with Gasteiger partial charge in [-0.3, -0.25) is 0 Å². The molecule has 104 valence electrons. The largest absolute Gasteiger partial charge is 0.381 e. The third-order valence-corrected chi connectivity index (χ3v) is 3.76. The van der Waals surface area contributed by atoms with E-state index in [1.54, 1.807) is 17.3 Å². The smallest absolute Gasteiger partial charge is 0.184 e. The summed E-state index contributed by atoms with van der Waals surface area (Å²) in [5.41, 5.74) is 2.11. The Morgan fingerprint density at radius 3 is 3.15 bits per heavy atom. The van der Waals surface area contributed by atoms with Crippen molar-refractivity contribution in [1.82, 2.24) is 25.1 Å². The van der Waals surface area contributed by atoms with Crippen molar-refractivity contribution in [3.05, 3.63) is 24.0 Å². The fraction of sp³-hybridized carbons (Fsp3) is 0.500. The van der Waals surface area contributed by atoms with Gasteiger partial charge in [-0.05, 0) is 13.3 Å². The van der Waals surface area contributed by atoms with Crippen molar-refractivity contribution >= 4 is 12.2 Å². The second-order valence-electron chi connectivity index (χ2n) is 5.01. The van der Waals surface area contributed by atoms with Crippen molar-refractivity contribution in [2.24, 2.45) is 16.0 Å². The molecular formula is C12H15N7O. The van der Waals surface area contributed by atoms with Crippen LogP contribution in [0.4, 0.5) is 0 Å². The summed E-state index contributed by atoms with van der Waals surface area (Å²) in [5, 5.41) is 14.0. The summed E-state index contributed by atoms with van der Waals surface area (Å²) in [5.74, 6) is 1.11. The second kappa shape index (κ2) is 4.41. The Morgan fingerprint density at radius 1 is 1.45 bits per heavy atom. The predicted octanol–water partition coefficient (Wildman–Crippen LogP) is -0.0191. The molecule has 0 spiro atoms. The van der Waals surface area contributed by atoms with Crippen LogP contribution in [-0.4, -0.2) is 51.3 Å². The van der Waals surface area contributed by atoms with Crippen LogP contribution >= 0.6 is 0 Å². The van der Waals surface area contributed by atoms with Crippen LogP contribution in [0.15, 0.2) is 34.1 Å². The zero-order valence-corrected chi connectivity index (χ0v) is 11.1. The molecule has 4 rings (SSSR count). The highest BCUT2D eigenvalue weighted by Gasteiger charge is 2.38. The molecule has 0 saturated carbocycles. The highest BCUT2D eigenvalue weighted by molar-refractivity contribution is 6.04. The number of nitrogens with zero attached hydrogens (tertiary/aromatic N) is 6. The number of aromatic nitrogens is 3. The monoisotopic (exact) mass is 273 g/mol. The van der Waals surface area contributed by atoms with Gasteiger partial charge in [-0.25, -0.2) is 19.7 Å². The van der Waals surface area contributed by atoms with E-state index in [0.29, 0.717) is 5.92 Å². The molecule has 0 radical (unpaired) electrons. The first-order chi connectivity index (χ1) is 9.84. The lowest BCUT2D eigenvalue weighted by atomic mass is 10.0. The molecule has 3 aliphatic rings. The molecule has 1 saturated heterocycles. The fourth-order valence-electron chi connectivity index (χ4n) is 2.81. The van der Waals surface area contributed by atoms with E-state index in [9.17, 15) is 0 Å². The summed E-state index contributed by atoms with van der Waals surface area (Å²) >= 11 is 0. The molecule has 3 aliphatic heterocycles.